The Balaban J connectivity index is 2.84. The van der Waals surface area contributed by atoms with Crippen LogP contribution in [0.5, 0.6) is 0 Å². The SMILES string of the molecule is CNC(c1cccs1)C(C)(C)F. The Morgan fingerprint density at radius 1 is 1.58 bits per heavy atom. The van der Waals surface area contributed by atoms with Crippen molar-refractivity contribution in [3.05, 3.63) is 22.4 Å². The van der Waals surface area contributed by atoms with Crippen LogP contribution in [0.1, 0.15) is 24.8 Å². The van der Waals surface area contributed by atoms with Gasteiger partial charge in [0.1, 0.15) is 5.67 Å². The van der Waals surface area contributed by atoms with Gasteiger partial charge in [-0.15, -0.1) is 11.3 Å². The van der Waals surface area contributed by atoms with Crippen LogP contribution in [0.2, 0.25) is 0 Å². The molecule has 1 atom stereocenters. The molecule has 0 radical (unpaired) electrons. The predicted molar refractivity (Wildman–Crippen MR) is 51.3 cm³/mol. The van der Waals surface area contributed by atoms with Gasteiger partial charge < -0.3 is 5.32 Å². The molecule has 0 aliphatic heterocycles. The van der Waals surface area contributed by atoms with E-state index in [2.05, 4.69) is 5.32 Å². The van der Waals surface area contributed by atoms with Crippen LogP contribution >= 0.6 is 11.3 Å². The van der Waals surface area contributed by atoms with Crippen LogP contribution in [0.15, 0.2) is 17.5 Å². The van der Waals surface area contributed by atoms with Crippen LogP contribution in [0.4, 0.5) is 4.39 Å². The van der Waals surface area contributed by atoms with Crippen LogP contribution < -0.4 is 5.32 Å². The zero-order valence-corrected chi connectivity index (χ0v) is 8.41. The van der Waals surface area contributed by atoms with Crippen molar-refractivity contribution < 1.29 is 4.39 Å². The molecule has 1 aromatic rings. The van der Waals surface area contributed by atoms with Crippen LogP contribution in [0, 0.1) is 0 Å². The molecular weight excluding hydrogens is 173 g/mol. The maximum atomic E-state index is 13.6. The molecule has 0 saturated heterocycles. The lowest BCUT2D eigenvalue weighted by molar-refractivity contribution is 0.157. The number of alkyl halides is 1. The van der Waals surface area contributed by atoms with E-state index in [9.17, 15) is 4.39 Å². The summed E-state index contributed by atoms with van der Waals surface area (Å²) in [5.41, 5.74) is -1.21. The summed E-state index contributed by atoms with van der Waals surface area (Å²) in [6.45, 7) is 3.18. The predicted octanol–water partition coefficient (Wildman–Crippen LogP) is 2.76. The van der Waals surface area contributed by atoms with Gasteiger partial charge in [0, 0.05) is 4.88 Å². The topological polar surface area (TPSA) is 12.0 Å². The summed E-state index contributed by atoms with van der Waals surface area (Å²) in [4.78, 5) is 1.05. The summed E-state index contributed by atoms with van der Waals surface area (Å²) in [5.74, 6) is 0. The fourth-order valence-corrected chi connectivity index (χ4v) is 2.28. The Labute approximate surface area is 76.6 Å². The Morgan fingerprint density at radius 3 is 2.58 bits per heavy atom. The van der Waals surface area contributed by atoms with Crippen molar-refractivity contribution in [2.75, 3.05) is 7.05 Å². The van der Waals surface area contributed by atoms with E-state index >= 15 is 0 Å². The summed E-state index contributed by atoms with van der Waals surface area (Å²) < 4.78 is 13.6. The zero-order chi connectivity index (χ0) is 9.19. The maximum Gasteiger partial charge on any atom is 0.125 e. The van der Waals surface area contributed by atoms with Crippen LogP contribution in [0.25, 0.3) is 0 Å². The molecule has 0 aromatic carbocycles. The van der Waals surface area contributed by atoms with Crippen LogP contribution in [-0.4, -0.2) is 12.7 Å². The van der Waals surface area contributed by atoms with Crippen molar-refractivity contribution >= 4 is 11.3 Å². The van der Waals surface area contributed by atoms with Gasteiger partial charge in [0.25, 0.3) is 0 Å². The molecule has 0 bridgehead atoms. The largest absolute Gasteiger partial charge is 0.310 e. The van der Waals surface area contributed by atoms with Crippen LogP contribution in [0.3, 0.4) is 0 Å². The first-order valence-corrected chi connectivity index (χ1v) is 4.83. The van der Waals surface area contributed by atoms with Crippen molar-refractivity contribution in [1.29, 1.82) is 0 Å². The van der Waals surface area contributed by atoms with E-state index in [0.29, 0.717) is 0 Å². The molecule has 0 amide bonds. The van der Waals surface area contributed by atoms with Gasteiger partial charge in [0.05, 0.1) is 6.04 Å². The molecule has 1 heterocycles. The third kappa shape index (κ3) is 2.05. The molecule has 0 fully saturated rings. The fraction of sp³-hybridized carbons (Fsp3) is 0.556. The van der Waals surface area contributed by atoms with E-state index in [1.54, 1.807) is 32.2 Å². The average Bonchev–Trinajstić information content (AvgIpc) is 2.38. The van der Waals surface area contributed by atoms with Crippen molar-refractivity contribution in [2.24, 2.45) is 0 Å². The summed E-state index contributed by atoms with van der Waals surface area (Å²) >= 11 is 1.58. The number of thiophene rings is 1. The second kappa shape index (κ2) is 3.54. The second-order valence-electron chi connectivity index (χ2n) is 3.30. The highest BCUT2D eigenvalue weighted by atomic mass is 32.1. The molecule has 0 aliphatic carbocycles. The molecule has 1 nitrogen and oxygen atoms in total. The van der Waals surface area contributed by atoms with Gasteiger partial charge in [-0.3, -0.25) is 0 Å². The fourth-order valence-electron chi connectivity index (χ4n) is 1.28. The average molecular weight is 187 g/mol. The van der Waals surface area contributed by atoms with Gasteiger partial charge in [-0.2, -0.15) is 0 Å². The summed E-state index contributed by atoms with van der Waals surface area (Å²) in [5, 5.41) is 4.94. The number of halogens is 1. The van der Waals surface area contributed by atoms with Gasteiger partial charge in [-0.25, -0.2) is 4.39 Å². The number of hydrogen-bond donors (Lipinski definition) is 1. The van der Waals surface area contributed by atoms with E-state index in [1.165, 1.54) is 0 Å². The minimum absolute atomic E-state index is 0.197. The lowest BCUT2D eigenvalue weighted by Gasteiger charge is -2.25. The van der Waals surface area contributed by atoms with Crippen molar-refractivity contribution in [3.63, 3.8) is 0 Å². The molecule has 12 heavy (non-hydrogen) atoms. The summed E-state index contributed by atoms with van der Waals surface area (Å²) in [7, 11) is 1.78. The minimum Gasteiger partial charge on any atom is -0.310 e. The quantitative estimate of drug-likeness (QED) is 0.767. The van der Waals surface area contributed by atoms with Crippen molar-refractivity contribution in [2.45, 2.75) is 25.6 Å². The zero-order valence-electron chi connectivity index (χ0n) is 7.60. The van der Waals surface area contributed by atoms with Crippen LogP contribution in [-0.2, 0) is 0 Å². The molecule has 0 aliphatic rings. The highest BCUT2D eigenvalue weighted by Crippen LogP contribution is 2.31. The van der Waals surface area contributed by atoms with Gasteiger partial charge >= 0.3 is 0 Å². The van der Waals surface area contributed by atoms with E-state index in [-0.39, 0.29) is 6.04 Å². The first kappa shape index (κ1) is 9.68. The van der Waals surface area contributed by atoms with Crippen molar-refractivity contribution in [1.82, 2.24) is 5.32 Å². The lowest BCUT2D eigenvalue weighted by Crippen LogP contribution is -2.33. The third-order valence-electron chi connectivity index (χ3n) is 1.80. The highest BCUT2D eigenvalue weighted by molar-refractivity contribution is 7.10. The van der Waals surface area contributed by atoms with E-state index in [1.807, 2.05) is 17.5 Å². The summed E-state index contributed by atoms with van der Waals surface area (Å²) in [6.07, 6.45) is 0. The molecule has 1 N–H and O–H groups in total. The molecule has 0 spiro atoms. The molecule has 1 rings (SSSR count). The van der Waals surface area contributed by atoms with Crippen molar-refractivity contribution in [3.8, 4) is 0 Å². The molecule has 1 unspecified atom stereocenters. The van der Waals surface area contributed by atoms with Gasteiger partial charge in [-0.05, 0) is 32.3 Å². The van der Waals surface area contributed by atoms with Gasteiger partial charge in [-0.1, -0.05) is 6.07 Å². The standard InChI is InChI=1S/C9H14FNS/c1-9(2,10)8(11-3)7-5-4-6-12-7/h4-6,8,11H,1-3H3. The molecular formula is C9H14FNS. The first-order chi connectivity index (χ1) is 5.55. The molecule has 3 heteroatoms. The lowest BCUT2D eigenvalue weighted by atomic mass is 10.00. The Morgan fingerprint density at radius 2 is 2.25 bits per heavy atom. The van der Waals surface area contributed by atoms with E-state index in [0.717, 1.165) is 4.88 Å². The third-order valence-corrected chi connectivity index (χ3v) is 2.74. The Kier molecular flexibility index (Phi) is 2.85. The Bertz CT molecular complexity index is 225. The van der Waals surface area contributed by atoms with E-state index < -0.39 is 5.67 Å². The first-order valence-electron chi connectivity index (χ1n) is 3.95. The minimum atomic E-state index is -1.21. The van der Waals surface area contributed by atoms with E-state index in [4.69, 9.17) is 0 Å². The summed E-state index contributed by atoms with van der Waals surface area (Å²) in [6, 6.07) is 3.70. The highest BCUT2D eigenvalue weighted by Gasteiger charge is 2.29. The Hall–Kier alpha value is -0.410. The maximum absolute atomic E-state index is 13.6. The number of nitrogens with one attached hydrogen (secondary N) is 1. The smallest absolute Gasteiger partial charge is 0.125 e. The molecule has 1 aromatic heterocycles. The van der Waals surface area contributed by atoms with Gasteiger partial charge in [0.15, 0.2) is 0 Å². The number of hydrogen-bond acceptors (Lipinski definition) is 2. The van der Waals surface area contributed by atoms with Gasteiger partial charge in [0.2, 0.25) is 0 Å². The molecule has 68 valence electrons. The molecule has 0 saturated carbocycles. The number of rotatable bonds is 3. The second-order valence-corrected chi connectivity index (χ2v) is 4.28. The monoisotopic (exact) mass is 187 g/mol. The normalized spacial score (nSPS) is 14.7.